The molecule has 0 aromatic carbocycles. The Balaban J connectivity index is 2.80. The van der Waals surface area contributed by atoms with Crippen LogP contribution >= 0.6 is 0 Å². The van der Waals surface area contributed by atoms with E-state index in [4.69, 9.17) is 0 Å². The summed E-state index contributed by atoms with van der Waals surface area (Å²) in [5, 5.41) is 6.13. The Labute approximate surface area is 67.7 Å². The topological polar surface area (TPSA) is 24.1 Å². The SMILES string of the molecule is C=C1C=C(C(C)C)NC(=C)N1. The number of rotatable bonds is 1. The third-order valence-electron chi connectivity index (χ3n) is 1.56. The van der Waals surface area contributed by atoms with Crippen LogP contribution in [0.4, 0.5) is 0 Å². The highest BCUT2D eigenvalue weighted by Gasteiger charge is 2.09. The van der Waals surface area contributed by atoms with Crippen molar-refractivity contribution in [1.29, 1.82) is 0 Å². The molecule has 0 atom stereocenters. The van der Waals surface area contributed by atoms with E-state index in [0.29, 0.717) is 5.92 Å². The second-order valence-corrected chi connectivity index (χ2v) is 3.01. The minimum atomic E-state index is 0.491. The molecule has 1 rings (SSSR count). The van der Waals surface area contributed by atoms with Crippen molar-refractivity contribution in [2.75, 3.05) is 0 Å². The van der Waals surface area contributed by atoms with E-state index in [9.17, 15) is 0 Å². The lowest BCUT2D eigenvalue weighted by molar-refractivity contribution is 0.661. The molecule has 1 heterocycles. The summed E-state index contributed by atoms with van der Waals surface area (Å²) in [6, 6.07) is 0. The Kier molecular flexibility index (Phi) is 2.03. The van der Waals surface area contributed by atoms with E-state index in [1.54, 1.807) is 0 Å². The molecule has 0 fully saturated rings. The van der Waals surface area contributed by atoms with Crippen molar-refractivity contribution in [3.8, 4) is 0 Å². The molecule has 0 aromatic rings. The van der Waals surface area contributed by atoms with Gasteiger partial charge in [0.15, 0.2) is 0 Å². The maximum absolute atomic E-state index is 3.81. The fourth-order valence-corrected chi connectivity index (χ4v) is 0.970. The Morgan fingerprint density at radius 3 is 2.36 bits per heavy atom. The fourth-order valence-electron chi connectivity index (χ4n) is 0.970. The monoisotopic (exact) mass is 150 g/mol. The summed E-state index contributed by atoms with van der Waals surface area (Å²) >= 11 is 0. The van der Waals surface area contributed by atoms with Crippen LogP contribution in [0.2, 0.25) is 0 Å². The van der Waals surface area contributed by atoms with Crippen molar-refractivity contribution in [2.24, 2.45) is 5.92 Å². The van der Waals surface area contributed by atoms with Crippen LogP contribution < -0.4 is 10.6 Å². The summed E-state index contributed by atoms with van der Waals surface area (Å²) in [4.78, 5) is 0. The summed E-state index contributed by atoms with van der Waals surface area (Å²) in [5.41, 5.74) is 2.07. The molecule has 1 aliphatic heterocycles. The highest BCUT2D eigenvalue weighted by atomic mass is 15.1. The first-order valence-electron chi connectivity index (χ1n) is 3.73. The Morgan fingerprint density at radius 2 is 1.91 bits per heavy atom. The molecular formula is C9H14N2. The Bertz CT molecular complexity index is 224. The van der Waals surface area contributed by atoms with Crippen LogP contribution in [0.15, 0.2) is 36.4 Å². The number of hydrogen-bond donors (Lipinski definition) is 2. The van der Waals surface area contributed by atoms with Crippen molar-refractivity contribution >= 4 is 0 Å². The molecule has 0 radical (unpaired) electrons. The second-order valence-electron chi connectivity index (χ2n) is 3.01. The first kappa shape index (κ1) is 7.92. The van der Waals surface area contributed by atoms with Gasteiger partial charge in [-0.15, -0.1) is 0 Å². The van der Waals surface area contributed by atoms with Gasteiger partial charge in [-0.25, -0.2) is 0 Å². The number of nitrogens with one attached hydrogen (secondary N) is 2. The summed E-state index contributed by atoms with van der Waals surface area (Å²) in [6.45, 7) is 11.8. The van der Waals surface area contributed by atoms with E-state index in [0.717, 1.165) is 11.5 Å². The van der Waals surface area contributed by atoms with Crippen LogP contribution in [-0.2, 0) is 0 Å². The van der Waals surface area contributed by atoms with Gasteiger partial charge in [-0.2, -0.15) is 0 Å². The molecule has 0 spiro atoms. The maximum atomic E-state index is 3.81. The average molecular weight is 150 g/mol. The first-order valence-corrected chi connectivity index (χ1v) is 3.73. The van der Waals surface area contributed by atoms with E-state index >= 15 is 0 Å². The largest absolute Gasteiger partial charge is 0.346 e. The van der Waals surface area contributed by atoms with Crippen LogP contribution in [0.5, 0.6) is 0 Å². The zero-order valence-corrected chi connectivity index (χ0v) is 7.07. The standard InChI is InChI=1S/C9H14N2/c1-6(2)9-5-7(3)10-8(4)11-9/h5-6,10-11H,3-4H2,1-2H3. The predicted octanol–water partition coefficient (Wildman–Crippen LogP) is 1.70. The molecule has 0 bridgehead atoms. The predicted molar refractivity (Wildman–Crippen MR) is 47.5 cm³/mol. The van der Waals surface area contributed by atoms with E-state index in [-0.39, 0.29) is 0 Å². The number of allylic oxidation sites excluding steroid dienone is 2. The summed E-state index contributed by atoms with van der Waals surface area (Å²) in [6.07, 6.45) is 2.00. The van der Waals surface area contributed by atoms with Crippen LogP contribution in [0.1, 0.15) is 13.8 Å². The van der Waals surface area contributed by atoms with Crippen LogP contribution in [0.25, 0.3) is 0 Å². The van der Waals surface area contributed by atoms with Crippen LogP contribution in [-0.4, -0.2) is 0 Å². The van der Waals surface area contributed by atoms with Crippen LogP contribution in [0.3, 0.4) is 0 Å². The van der Waals surface area contributed by atoms with E-state index in [1.807, 2.05) is 6.08 Å². The molecule has 11 heavy (non-hydrogen) atoms. The molecule has 2 nitrogen and oxygen atoms in total. The molecule has 0 unspecified atom stereocenters. The summed E-state index contributed by atoms with van der Waals surface area (Å²) < 4.78 is 0. The van der Waals surface area contributed by atoms with Crippen molar-refractivity contribution in [2.45, 2.75) is 13.8 Å². The molecule has 0 aromatic heterocycles. The minimum absolute atomic E-state index is 0.491. The maximum Gasteiger partial charge on any atom is 0.0999 e. The molecule has 1 aliphatic rings. The highest BCUT2D eigenvalue weighted by molar-refractivity contribution is 5.29. The van der Waals surface area contributed by atoms with Gasteiger partial charge in [-0.3, -0.25) is 0 Å². The lowest BCUT2D eigenvalue weighted by Gasteiger charge is -2.23. The van der Waals surface area contributed by atoms with Gasteiger partial charge >= 0.3 is 0 Å². The summed E-state index contributed by atoms with van der Waals surface area (Å²) in [7, 11) is 0. The van der Waals surface area contributed by atoms with Gasteiger partial charge in [-0.05, 0) is 12.0 Å². The molecule has 0 saturated heterocycles. The molecule has 60 valence electrons. The van der Waals surface area contributed by atoms with Gasteiger partial charge in [0.25, 0.3) is 0 Å². The van der Waals surface area contributed by atoms with Crippen molar-refractivity contribution < 1.29 is 0 Å². The van der Waals surface area contributed by atoms with Gasteiger partial charge in [0, 0.05) is 11.4 Å². The second kappa shape index (κ2) is 2.82. The molecule has 0 aliphatic carbocycles. The lowest BCUT2D eigenvalue weighted by Crippen LogP contribution is -2.30. The minimum Gasteiger partial charge on any atom is -0.346 e. The Hall–Kier alpha value is -1.18. The lowest BCUT2D eigenvalue weighted by atomic mass is 10.1. The van der Waals surface area contributed by atoms with Gasteiger partial charge in [0.05, 0.1) is 5.82 Å². The van der Waals surface area contributed by atoms with E-state index in [2.05, 4.69) is 37.6 Å². The highest BCUT2D eigenvalue weighted by Crippen LogP contribution is 2.12. The third-order valence-corrected chi connectivity index (χ3v) is 1.56. The number of hydrogen-bond acceptors (Lipinski definition) is 2. The Morgan fingerprint density at radius 1 is 1.27 bits per heavy atom. The molecule has 2 N–H and O–H groups in total. The average Bonchev–Trinajstić information content (AvgIpc) is 1.85. The third kappa shape index (κ3) is 1.87. The summed E-state index contributed by atoms with van der Waals surface area (Å²) in [5.74, 6) is 1.30. The molecule has 2 heteroatoms. The molecule has 0 amide bonds. The molecule has 0 saturated carbocycles. The van der Waals surface area contributed by atoms with Crippen molar-refractivity contribution in [3.05, 3.63) is 36.4 Å². The van der Waals surface area contributed by atoms with E-state index in [1.165, 1.54) is 5.70 Å². The molecular weight excluding hydrogens is 136 g/mol. The smallest absolute Gasteiger partial charge is 0.0999 e. The van der Waals surface area contributed by atoms with E-state index < -0.39 is 0 Å². The zero-order chi connectivity index (χ0) is 8.43. The van der Waals surface area contributed by atoms with Gasteiger partial charge < -0.3 is 10.6 Å². The van der Waals surface area contributed by atoms with Gasteiger partial charge in [-0.1, -0.05) is 27.0 Å². The zero-order valence-electron chi connectivity index (χ0n) is 7.07. The van der Waals surface area contributed by atoms with Crippen molar-refractivity contribution in [1.82, 2.24) is 10.6 Å². The van der Waals surface area contributed by atoms with Gasteiger partial charge in [0.2, 0.25) is 0 Å². The fraction of sp³-hybridized carbons (Fsp3) is 0.333. The first-order chi connectivity index (χ1) is 5.09. The van der Waals surface area contributed by atoms with Crippen LogP contribution in [0, 0.1) is 5.92 Å². The normalized spacial score (nSPS) is 17.5. The quantitative estimate of drug-likeness (QED) is 0.594. The van der Waals surface area contributed by atoms with Gasteiger partial charge in [0.1, 0.15) is 0 Å². The van der Waals surface area contributed by atoms with Crippen molar-refractivity contribution in [3.63, 3.8) is 0 Å².